The molecule has 2 saturated carbocycles. The molecule has 24 heavy (non-hydrogen) atoms. The Bertz CT molecular complexity index is 521. The zero-order valence-electron chi connectivity index (χ0n) is 14.6. The normalized spacial score (nSPS) is 34.4. The van der Waals surface area contributed by atoms with E-state index in [1.165, 1.54) is 13.5 Å². The number of nitrogens with one attached hydrogen (secondary N) is 1. The highest BCUT2D eigenvalue weighted by atomic mass is 16.5. The minimum atomic E-state index is -0.449. The Labute approximate surface area is 143 Å². The summed E-state index contributed by atoms with van der Waals surface area (Å²) in [7, 11) is 1.38. The van der Waals surface area contributed by atoms with Gasteiger partial charge < -0.3 is 15.0 Å². The second kappa shape index (κ2) is 7.11. The van der Waals surface area contributed by atoms with Crippen molar-refractivity contribution in [3.63, 3.8) is 0 Å². The lowest BCUT2D eigenvalue weighted by Gasteiger charge is -2.33. The highest BCUT2D eigenvalue weighted by molar-refractivity contribution is 5.86. The number of nitrogens with zero attached hydrogens (tertiary/aromatic N) is 1. The Kier molecular flexibility index (Phi) is 5.11. The molecule has 6 heteroatoms. The predicted molar refractivity (Wildman–Crippen MR) is 87.9 cm³/mol. The minimum Gasteiger partial charge on any atom is -0.467 e. The van der Waals surface area contributed by atoms with Gasteiger partial charge in [-0.1, -0.05) is 19.8 Å². The van der Waals surface area contributed by atoms with Crippen molar-refractivity contribution in [3.05, 3.63) is 0 Å². The molecule has 3 fully saturated rings. The maximum Gasteiger partial charge on any atom is 0.328 e. The zero-order chi connectivity index (χ0) is 17.3. The van der Waals surface area contributed by atoms with Crippen molar-refractivity contribution in [1.82, 2.24) is 10.2 Å². The van der Waals surface area contributed by atoms with E-state index in [9.17, 15) is 14.4 Å². The van der Waals surface area contributed by atoms with Gasteiger partial charge >= 0.3 is 5.97 Å². The van der Waals surface area contributed by atoms with Crippen molar-refractivity contribution in [3.8, 4) is 0 Å². The maximum absolute atomic E-state index is 12.7. The molecule has 0 aromatic rings. The molecule has 5 atom stereocenters. The van der Waals surface area contributed by atoms with Gasteiger partial charge in [0, 0.05) is 24.9 Å². The number of hydrogen-bond donors (Lipinski definition) is 1. The fraction of sp³-hybridized carbons (Fsp3) is 0.833. The highest BCUT2D eigenvalue weighted by Gasteiger charge is 2.47. The summed E-state index contributed by atoms with van der Waals surface area (Å²) in [4.78, 5) is 38.5. The van der Waals surface area contributed by atoms with Crippen molar-refractivity contribution in [2.24, 2.45) is 17.8 Å². The average Bonchev–Trinajstić information content (AvgIpc) is 3.19. The minimum absolute atomic E-state index is 0.0380. The first kappa shape index (κ1) is 17.2. The largest absolute Gasteiger partial charge is 0.467 e. The Morgan fingerprint density at radius 2 is 1.88 bits per heavy atom. The van der Waals surface area contributed by atoms with E-state index in [4.69, 9.17) is 4.74 Å². The van der Waals surface area contributed by atoms with Crippen molar-refractivity contribution in [1.29, 1.82) is 0 Å². The lowest BCUT2D eigenvalue weighted by molar-refractivity contribution is -0.152. The Morgan fingerprint density at radius 3 is 2.54 bits per heavy atom. The van der Waals surface area contributed by atoms with Crippen LogP contribution in [-0.2, 0) is 19.1 Å². The molecule has 2 aliphatic carbocycles. The molecule has 0 bridgehead atoms. The first-order valence-electron chi connectivity index (χ1n) is 9.19. The van der Waals surface area contributed by atoms with Crippen LogP contribution in [0.1, 0.15) is 51.9 Å². The third kappa shape index (κ3) is 3.42. The summed E-state index contributed by atoms with van der Waals surface area (Å²) in [6, 6.07) is -0.288. The van der Waals surface area contributed by atoms with Gasteiger partial charge in [0.15, 0.2) is 0 Å². The van der Waals surface area contributed by atoms with Gasteiger partial charge in [0.1, 0.15) is 6.04 Å². The van der Waals surface area contributed by atoms with E-state index in [0.717, 1.165) is 32.1 Å². The van der Waals surface area contributed by atoms with Crippen molar-refractivity contribution < 1.29 is 19.1 Å². The van der Waals surface area contributed by atoms with E-state index in [1.807, 2.05) is 0 Å². The van der Waals surface area contributed by atoms with Crippen molar-refractivity contribution >= 4 is 17.8 Å². The molecule has 0 unspecified atom stereocenters. The fourth-order valence-corrected chi connectivity index (χ4v) is 4.41. The SMILES string of the molecule is COC(=O)[C@@H]1C[C@@H]2CCCC[C@@H]2N1C(=O)CCNC(=O)[C@H]1C[C@@H]1C. The number of amides is 2. The van der Waals surface area contributed by atoms with Crippen molar-refractivity contribution in [2.75, 3.05) is 13.7 Å². The van der Waals surface area contributed by atoms with Gasteiger partial charge in [-0.05, 0) is 37.5 Å². The van der Waals surface area contributed by atoms with E-state index in [0.29, 0.717) is 18.4 Å². The first-order chi connectivity index (χ1) is 11.5. The fourth-order valence-electron chi connectivity index (χ4n) is 4.41. The van der Waals surface area contributed by atoms with Crippen LogP contribution in [0.25, 0.3) is 0 Å². The van der Waals surface area contributed by atoms with Gasteiger partial charge in [0.05, 0.1) is 7.11 Å². The van der Waals surface area contributed by atoms with E-state index in [1.54, 1.807) is 4.90 Å². The summed E-state index contributed by atoms with van der Waals surface area (Å²) in [5, 5.41) is 2.86. The second-order valence-electron chi connectivity index (χ2n) is 7.55. The van der Waals surface area contributed by atoms with Crippen LogP contribution in [0.2, 0.25) is 0 Å². The maximum atomic E-state index is 12.7. The average molecular weight is 336 g/mol. The number of methoxy groups -OCH3 is 1. The molecule has 3 rings (SSSR count). The summed E-state index contributed by atoms with van der Waals surface area (Å²) in [6.45, 7) is 2.41. The molecule has 1 aliphatic heterocycles. The molecular formula is C18H28N2O4. The van der Waals surface area contributed by atoms with E-state index >= 15 is 0 Å². The zero-order valence-corrected chi connectivity index (χ0v) is 14.6. The molecule has 0 aromatic heterocycles. The molecule has 2 amide bonds. The number of fused-ring (bicyclic) bond motifs is 1. The molecule has 0 aromatic carbocycles. The molecular weight excluding hydrogens is 308 g/mol. The number of hydrogen-bond acceptors (Lipinski definition) is 4. The second-order valence-corrected chi connectivity index (χ2v) is 7.55. The third-order valence-electron chi connectivity index (χ3n) is 5.93. The van der Waals surface area contributed by atoms with Crippen LogP contribution >= 0.6 is 0 Å². The Balaban J connectivity index is 1.57. The van der Waals surface area contributed by atoms with Crippen LogP contribution in [0.4, 0.5) is 0 Å². The number of rotatable bonds is 5. The van der Waals surface area contributed by atoms with E-state index < -0.39 is 6.04 Å². The molecule has 1 N–H and O–H groups in total. The molecule has 0 radical (unpaired) electrons. The van der Waals surface area contributed by atoms with Gasteiger partial charge in [-0.3, -0.25) is 9.59 Å². The van der Waals surface area contributed by atoms with Gasteiger partial charge in [0.2, 0.25) is 11.8 Å². The van der Waals surface area contributed by atoms with Crippen LogP contribution in [0, 0.1) is 17.8 Å². The summed E-state index contributed by atoms with van der Waals surface area (Å²) in [5.41, 5.74) is 0. The quantitative estimate of drug-likeness (QED) is 0.772. The van der Waals surface area contributed by atoms with Crippen LogP contribution in [0.5, 0.6) is 0 Å². The topological polar surface area (TPSA) is 75.7 Å². The molecule has 1 saturated heterocycles. The Morgan fingerprint density at radius 1 is 1.17 bits per heavy atom. The molecule has 1 heterocycles. The molecule has 134 valence electrons. The van der Waals surface area contributed by atoms with Gasteiger partial charge in [0.25, 0.3) is 0 Å². The summed E-state index contributed by atoms with van der Waals surface area (Å²) in [6.07, 6.45) is 6.24. The summed E-state index contributed by atoms with van der Waals surface area (Å²) in [5.74, 6) is 0.700. The number of carbonyl (C=O) groups excluding carboxylic acids is 3. The number of ether oxygens (including phenoxy) is 1. The molecule has 6 nitrogen and oxygen atoms in total. The first-order valence-corrected chi connectivity index (χ1v) is 9.19. The van der Waals surface area contributed by atoms with Crippen LogP contribution < -0.4 is 5.32 Å². The van der Waals surface area contributed by atoms with E-state index in [-0.39, 0.29) is 36.2 Å². The molecule has 3 aliphatic rings. The highest BCUT2D eigenvalue weighted by Crippen LogP contribution is 2.40. The van der Waals surface area contributed by atoms with Crippen molar-refractivity contribution in [2.45, 2.75) is 64.0 Å². The summed E-state index contributed by atoms with van der Waals surface area (Å²) < 4.78 is 4.91. The molecule has 0 spiro atoms. The van der Waals surface area contributed by atoms with Crippen LogP contribution in [0.15, 0.2) is 0 Å². The number of carbonyl (C=O) groups is 3. The summed E-state index contributed by atoms with van der Waals surface area (Å²) >= 11 is 0. The lowest BCUT2D eigenvalue weighted by atomic mass is 9.84. The Hall–Kier alpha value is -1.59. The van der Waals surface area contributed by atoms with Crippen LogP contribution in [0.3, 0.4) is 0 Å². The predicted octanol–water partition coefficient (Wildman–Crippen LogP) is 1.48. The number of likely N-dealkylation sites (tertiary alicyclic amines) is 1. The third-order valence-corrected chi connectivity index (χ3v) is 5.93. The van der Waals surface area contributed by atoms with E-state index in [2.05, 4.69) is 12.2 Å². The van der Waals surface area contributed by atoms with Crippen LogP contribution in [-0.4, -0.2) is 48.4 Å². The number of esters is 1. The lowest BCUT2D eigenvalue weighted by Crippen LogP contribution is -2.47. The van der Waals surface area contributed by atoms with Gasteiger partial charge in [-0.25, -0.2) is 4.79 Å². The monoisotopic (exact) mass is 336 g/mol. The van der Waals surface area contributed by atoms with Gasteiger partial charge in [-0.15, -0.1) is 0 Å². The van der Waals surface area contributed by atoms with Gasteiger partial charge in [-0.2, -0.15) is 0 Å². The smallest absolute Gasteiger partial charge is 0.328 e. The standard InChI is InChI=1S/C18H28N2O4/c1-11-9-13(11)17(22)19-8-7-16(21)20-14-6-4-3-5-12(14)10-15(20)18(23)24-2/h11-15H,3-10H2,1-2H3,(H,19,22)/t11-,12-,13-,14-,15-/m0/s1.